The van der Waals surface area contributed by atoms with Crippen LogP contribution < -0.4 is 10.4 Å². The molecule has 3 aromatic rings. The molecule has 0 radical (unpaired) electrons. The number of rotatable bonds is 4. The highest BCUT2D eigenvalue weighted by Crippen LogP contribution is 2.25. The Bertz CT molecular complexity index is 952. The third-order valence-electron chi connectivity index (χ3n) is 3.56. The summed E-state index contributed by atoms with van der Waals surface area (Å²) in [6.07, 6.45) is -0.193. The summed E-state index contributed by atoms with van der Waals surface area (Å²) in [5, 5.41) is 14.5. The van der Waals surface area contributed by atoms with Crippen molar-refractivity contribution < 1.29 is 19.1 Å². The van der Waals surface area contributed by atoms with Gasteiger partial charge < -0.3 is 20.2 Å². The Kier molecular flexibility index (Phi) is 4.22. The van der Waals surface area contributed by atoms with Gasteiger partial charge in [-0.2, -0.15) is 0 Å². The van der Waals surface area contributed by atoms with Gasteiger partial charge >= 0.3 is 0 Å². The second-order valence-corrected chi connectivity index (χ2v) is 5.57. The number of para-hydroxylation sites is 1. The van der Waals surface area contributed by atoms with Crippen LogP contribution in [-0.4, -0.2) is 16.9 Å². The fourth-order valence-electron chi connectivity index (χ4n) is 2.50. The Morgan fingerprint density at radius 3 is 2.67 bits per heavy atom. The molecule has 0 bridgehead atoms. The summed E-state index contributed by atoms with van der Waals surface area (Å²) in [7, 11) is 0. The lowest BCUT2D eigenvalue weighted by Crippen LogP contribution is -2.25. The highest BCUT2D eigenvalue weighted by Gasteiger charge is 2.16. The summed E-state index contributed by atoms with van der Waals surface area (Å²) in [6, 6.07) is 10.5. The molecule has 24 heavy (non-hydrogen) atoms. The van der Waals surface area contributed by atoms with Crippen molar-refractivity contribution in [3.05, 3.63) is 64.6 Å². The maximum Gasteiger partial charge on any atom is 0.228 e. The molecule has 122 valence electrons. The molecule has 0 saturated carbocycles. The summed E-state index contributed by atoms with van der Waals surface area (Å²) >= 11 is 5.87. The molecule has 2 aromatic carbocycles. The number of halogens is 2. The molecule has 0 aliphatic rings. The molecule has 1 heterocycles. The highest BCUT2D eigenvalue weighted by molar-refractivity contribution is 6.33. The number of aromatic amines is 1. The smallest absolute Gasteiger partial charge is 0.228 e. The molecule has 0 spiro atoms. The summed E-state index contributed by atoms with van der Waals surface area (Å²) in [4.78, 5) is 26.3. The first-order valence-electron chi connectivity index (χ1n) is 7.01. The van der Waals surface area contributed by atoms with Crippen LogP contribution in [0.5, 0.6) is 0 Å². The number of carbonyl (C=O) groups excluding carboxylic acids is 2. The molecule has 2 N–H and O–H groups in total. The van der Waals surface area contributed by atoms with Gasteiger partial charge in [-0.15, -0.1) is 0 Å². The third kappa shape index (κ3) is 3.09. The van der Waals surface area contributed by atoms with E-state index in [0.29, 0.717) is 16.5 Å². The van der Waals surface area contributed by atoms with Crippen molar-refractivity contribution in [2.75, 3.05) is 5.32 Å². The maximum atomic E-state index is 13.0. The zero-order chi connectivity index (χ0) is 17.3. The van der Waals surface area contributed by atoms with Crippen LogP contribution in [0.1, 0.15) is 16.1 Å². The molecule has 0 aliphatic carbocycles. The van der Waals surface area contributed by atoms with Gasteiger partial charge in [0.15, 0.2) is 0 Å². The lowest BCUT2D eigenvalue weighted by molar-refractivity contribution is -0.255. The molecular formula is C17H11ClFN2O3-. The predicted molar refractivity (Wildman–Crippen MR) is 86.4 cm³/mol. The number of carboxylic acid groups (broad SMARTS) is 1. The quantitative estimate of drug-likeness (QED) is 0.762. The van der Waals surface area contributed by atoms with Crippen molar-refractivity contribution in [1.82, 2.24) is 4.98 Å². The van der Waals surface area contributed by atoms with Gasteiger partial charge in [0.05, 0.1) is 28.8 Å². The molecular weight excluding hydrogens is 335 g/mol. The highest BCUT2D eigenvalue weighted by atomic mass is 35.5. The number of aromatic nitrogens is 1. The average molecular weight is 346 g/mol. The van der Waals surface area contributed by atoms with Gasteiger partial charge in [0.1, 0.15) is 5.82 Å². The molecule has 0 atom stereocenters. The van der Waals surface area contributed by atoms with Crippen LogP contribution >= 0.6 is 11.6 Å². The van der Waals surface area contributed by atoms with Crippen molar-refractivity contribution in [1.29, 1.82) is 0 Å². The standard InChI is InChI=1S/C17H12ClFN2O3/c18-12-7-9(19)5-6-14(12)20-15(22)8-11-10-3-1-2-4-13(10)21-16(11)17(23)24/h1-7,21H,8H2,(H,20,22)(H,23,24)/p-1. The van der Waals surface area contributed by atoms with E-state index in [1.54, 1.807) is 24.3 Å². The molecule has 1 aromatic heterocycles. The van der Waals surface area contributed by atoms with Crippen molar-refractivity contribution >= 4 is 40.1 Å². The Morgan fingerprint density at radius 2 is 1.96 bits per heavy atom. The Hall–Kier alpha value is -2.86. The number of hydrogen-bond donors (Lipinski definition) is 2. The van der Waals surface area contributed by atoms with E-state index >= 15 is 0 Å². The largest absolute Gasteiger partial charge is 0.543 e. The van der Waals surface area contributed by atoms with Gasteiger partial charge in [-0.25, -0.2) is 4.39 Å². The third-order valence-corrected chi connectivity index (χ3v) is 3.87. The molecule has 5 nitrogen and oxygen atoms in total. The van der Waals surface area contributed by atoms with E-state index in [2.05, 4.69) is 10.3 Å². The zero-order valence-corrected chi connectivity index (χ0v) is 13.0. The predicted octanol–water partition coefficient (Wildman–Crippen LogP) is 2.51. The number of nitrogens with one attached hydrogen (secondary N) is 2. The molecule has 7 heteroatoms. The first-order valence-corrected chi connectivity index (χ1v) is 7.39. The maximum absolute atomic E-state index is 13.0. The normalized spacial score (nSPS) is 10.8. The van der Waals surface area contributed by atoms with Crippen LogP contribution in [0.25, 0.3) is 10.9 Å². The number of anilines is 1. The van der Waals surface area contributed by atoms with Crippen LogP contribution in [0.3, 0.4) is 0 Å². The van der Waals surface area contributed by atoms with Crippen LogP contribution in [0.15, 0.2) is 42.5 Å². The summed E-state index contributed by atoms with van der Waals surface area (Å²) < 4.78 is 13.0. The number of benzene rings is 2. The van der Waals surface area contributed by atoms with E-state index in [1.807, 2.05) is 0 Å². The first-order chi connectivity index (χ1) is 11.5. The summed E-state index contributed by atoms with van der Waals surface area (Å²) in [5.41, 5.74) is 1.02. The number of amides is 1. The van der Waals surface area contributed by atoms with Crippen LogP contribution in [0.2, 0.25) is 5.02 Å². The second kappa shape index (κ2) is 6.33. The first kappa shape index (κ1) is 16.0. The van der Waals surface area contributed by atoms with E-state index in [1.165, 1.54) is 12.1 Å². The Morgan fingerprint density at radius 1 is 1.21 bits per heavy atom. The van der Waals surface area contributed by atoms with Crippen LogP contribution in [0, 0.1) is 5.82 Å². The van der Waals surface area contributed by atoms with E-state index in [4.69, 9.17) is 11.6 Å². The lowest BCUT2D eigenvalue weighted by Gasteiger charge is -2.09. The van der Waals surface area contributed by atoms with E-state index < -0.39 is 17.7 Å². The number of hydrogen-bond acceptors (Lipinski definition) is 3. The van der Waals surface area contributed by atoms with E-state index in [9.17, 15) is 19.1 Å². The SMILES string of the molecule is O=C(Cc1c(C(=O)[O-])[nH]c2ccccc12)Nc1ccc(F)cc1Cl. The number of H-pyrrole nitrogens is 1. The van der Waals surface area contributed by atoms with Gasteiger partial charge in [-0.1, -0.05) is 29.8 Å². The van der Waals surface area contributed by atoms with E-state index in [0.717, 1.165) is 6.07 Å². The van der Waals surface area contributed by atoms with Crippen molar-refractivity contribution in [3.8, 4) is 0 Å². The van der Waals surface area contributed by atoms with Gasteiger partial charge in [0.25, 0.3) is 0 Å². The second-order valence-electron chi connectivity index (χ2n) is 5.16. The fourth-order valence-corrected chi connectivity index (χ4v) is 2.72. The number of fused-ring (bicyclic) bond motifs is 1. The molecule has 0 aliphatic heterocycles. The molecule has 0 saturated heterocycles. The molecule has 1 amide bonds. The van der Waals surface area contributed by atoms with Crippen molar-refractivity contribution in [2.24, 2.45) is 0 Å². The molecule has 3 rings (SSSR count). The number of carboxylic acids is 1. The summed E-state index contributed by atoms with van der Waals surface area (Å²) in [6.45, 7) is 0. The number of aromatic carboxylic acids is 1. The minimum Gasteiger partial charge on any atom is -0.543 e. The zero-order valence-electron chi connectivity index (χ0n) is 12.2. The van der Waals surface area contributed by atoms with Gasteiger partial charge in [0.2, 0.25) is 5.91 Å². The molecule has 0 unspecified atom stereocenters. The Balaban J connectivity index is 1.90. The van der Waals surface area contributed by atoms with Crippen LogP contribution in [-0.2, 0) is 11.2 Å². The topological polar surface area (TPSA) is 85.0 Å². The average Bonchev–Trinajstić information content (AvgIpc) is 2.89. The summed E-state index contributed by atoms with van der Waals surface area (Å²) in [5.74, 6) is -2.39. The van der Waals surface area contributed by atoms with Crippen molar-refractivity contribution in [2.45, 2.75) is 6.42 Å². The minimum atomic E-state index is -1.39. The Labute approximate surface area is 141 Å². The minimum absolute atomic E-state index is 0.0578. The monoisotopic (exact) mass is 345 g/mol. The van der Waals surface area contributed by atoms with Gasteiger partial charge in [-0.3, -0.25) is 4.79 Å². The van der Waals surface area contributed by atoms with Crippen molar-refractivity contribution in [3.63, 3.8) is 0 Å². The lowest BCUT2D eigenvalue weighted by atomic mass is 10.1. The van der Waals surface area contributed by atoms with Gasteiger partial charge in [0, 0.05) is 10.9 Å². The van der Waals surface area contributed by atoms with E-state index in [-0.39, 0.29) is 22.8 Å². The number of carbonyl (C=O) groups is 2. The van der Waals surface area contributed by atoms with Gasteiger partial charge in [-0.05, 0) is 29.8 Å². The molecule has 0 fully saturated rings. The van der Waals surface area contributed by atoms with Crippen LogP contribution in [0.4, 0.5) is 10.1 Å². The fraction of sp³-hybridized carbons (Fsp3) is 0.0588.